The minimum atomic E-state index is -3.65. The van der Waals surface area contributed by atoms with Gasteiger partial charge in [0.15, 0.2) is 0 Å². The third-order valence-electron chi connectivity index (χ3n) is 5.23. The van der Waals surface area contributed by atoms with Crippen LogP contribution >= 0.6 is 0 Å². The predicted molar refractivity (Wildman–Crippen MR) is 116 cm³/mol. The van der Waals surface area contributed by atoms with Crippen molar-refractivity contribution in [3.8, 4) is 5.75 Å². The number of anilines is 1. The number of amides is 1. The van der Waals surface area contributed by atoms with E-state index in [2.05, 4.69) is 5.32 Å². The lowest BCUT2D eigenvalue weighted by atomic mass is 9.94. The molecule has 0 aromatic heterocycles. The van der Waals surface area contributed by atoms with E-state index in [1.54, 1.807) is 0 Å². The molecule has 1 N–H and O–H groups in total. The van der Waals surface area contributed by atoms with Gasteiger partial charge >= 0.3 is 0 Å². The van der Waals surface area contributed by atoms with Crippen molar-refractivity contribution in [3.63, 3.8) is 0 Å². The Morgan fingerprint density at radius 2 is 1.74 bits per heavy atom. The van der Waals surface area contributed by atoms with Gasteiger partial charge in [0.1, 0.15) is 5.75 Å². The maximum Gasteiger partial charge on any atom is 0.271 e. The van der Waals surface area contributed by atoms with Crippen molar-refractivity contribution < 1.29 is 22.9 Å². The minimum Gasteiger partial charge on any atom is -0.495 e. The van der Waals surface area contributed by atoms with Crippen molar-refractivity contribution in [1.82, 2.24) is 4.31 Å². The summed E-state index contributed by atoms with van der Waals surface area (Å²) in [4.78, 5) is 23.2. The summed E-state index contributed by atoms with van der Waals surface area (Å²) < 4.78 is 32.6. The summed E-state index contributed by atoms with van der Waals surface area (Å²) in [5, 5.41) is 13.6. The molecule has 2 aromatic rings. The number of hydrogen-bond acceptors (Lipinski definition) is 6. The Labute approximate surface area is 181 Å². The molecule has 0 radical (unpaired) electrons. The minimum absolute atomic E-state index is 0.123. The normalized spacial score (nSPS) is 19.6. The highest BCUT2D eigenvalue weighted by molar-refractivity contribution is 7.89. The maximum atomic E-state index is 13.0. The Morgan fingerprint density at radius 3 is 2.29 bits per heavy atom. The Balaban J connectivity index is 1.79. The average molecular weight is 448 g/mol. The molecule has 1 fully saturated rings. The van der Waals surface area contributed by atoms with Crippen LogP contribution in [0.15, 0.2) is 47.4 Å². The van der Waals surface area contributed by atoms with Crippen LogP contribution in [0.5, 0.6) is 5.75 Å². The number of nitrogens with one attached hydrogen (secondary N) is 1. The van der Waals surface area contributed by atoms with Crippen LogP contribution in [-0.2, 0) is 10.0 Å². The van der Waals surface area contributed by atoms with E-state index < -0.39 is 20.9 Å². The largest absolute Gasteiger partial charge is 0.495 e. The molecule has 1 amide bonds. The fraction of sp³-hybridized carbons (Fsp3) is 0.381. The molecule has 0 aliphatic carbocycles. The first-order valence-electron chi connectivity index (χ1n) is 9.85. The number of benzene rings is 2. The molecule has 1 saturated heterocycles. The summed E-state index contributed by atoms with van der Waals surface area (Å²) in [6, 6.07) is 9.51. The van der Waals surface area contributed by atoms with Gasteiger partial charge in [0.2, 0.25) is 10.0 Å². The van der Waals surface area contributed by atoms with Crippen molar-refractivity contribution in [2.24, 2.45) is 11.8 Å². The zero-order valence-corrected chi connectivity index (χ0v) is 18.4. The van der Waals surface area contributed by atoms with Crippen molar-refractivity contribution in [2.75, 3.05) is 25.5 Å². The molecule has 2 atom stereocenters. The lowest BCUT2D eigenvalue weighted by Crippen LogP contribution is -2.42. The Kier molecular flexibility index (Phi) is 6.61. The number of sulfonamides is 1. The number of non-ortho nitro benzene ring substituents is 1. The molecule has 31 heavy (non-hydrogen) atoms. The number of nitrogens with zero attached hydrogens (tertiary/aromatic N) is 2. The third kappa shape index (κ3) is 5.02. The fourth-order valence-electron chi connectivity index (χ4n) is 3.83. The van der Waals surface area contributed by atoms with Gasteiger partial charge < -0.3 is 10.1 Å². The van der Waals surface area contributed by atoms with Gasteiger partial charge in [-0.1, -0.05) is 13.8 Å². The molecule has 1 aliphatic heterocycles. The summed E-state index contributed by atoms with van der Waals surface area (Å²) in [6.07, 6.45) is 0.992. The summed E-state index contributed by atoms with van der Waals surface area (Å²) in [5.74, 6) is 0.302. The molecule has 2 aromatic carbocycles. The molecule has 166 valence electrons. The second-order valence-electron chi connectivity index (χ2n) is 7.89. The highest BCUT2D eigenvalue weighted by Gasteiger charge is 2.31. The van der Waals surface area contributed by atoms with E-state index in [-0.39, 0.29) is 39.4 Å². The van der Waals surface area contributed by atoms with Crippen LogP contribution in [0.3, 0.4) is 0 Å². The first-order chi connectivity index (χ1) is 14.6. The molecular formula is C21H25N3O6S. The van der Waals surface area contributed by atoms with E-state index in [0.29, 0.717) is 13.1 Å². The molecule has 1 heterocycles. The zero-order chi connectivity index (χ0) is 22.8. The van der Waals surface area contributed by atoms with Crippen LogP contribution in [0, 0.1) is 22.0 Å². The molecule has 9 nitrogen and oxygen atoms in total. The lowest BCUT2D eigenvalue weighted by Gasteiger charge is -2.34. The average Bonchev–Trinajstić information content (AvgIpc) is 2.73. The quantitative estimate of drug-likeness (QED) is 0.535. The number of carbonyl (C=O) groups is 1. The summed E-state index contributed by atoms with van der Waals surface area (Å²) in [6.45, 7) is 5.02. The standard InChI is InChI=1S/C21H25N3O6S/c1-14-10-15(2)13-23(12-14)31(28,29)18-7-4-16(5-8-18)21(25)22-19-11-17(24(26)27)6-9-20(19)30-3/h4-9,11,14-15H,10,12-13H2,1-3H3,(H,22,25)/t14-,15+. The number of hydrogen-bond donors (Lipinski definition) is 1. The van der Waals surface area contributed by atoms with Crippen LogP contribution < -0.4 is 10.1 Å². The summed E-state index contributed by atoms with van der Waals surface area (Å²) >= 11 is 0. The Hall–Kier alpha value is -2.98. The van der Waals surface area contributed by atoms with Crippen LogP contribution in [0.4, 0.5) is 11.4 Å². The summed E-state index contributed by atoms with van der Waals surface area (Å²) in [5.41, 5.74) is 0.171. The number of carbonyl (C=O) groups excluding carboxylic acids is 1. The van der Waals surface area contributed by atoms with E-state index >= 15 is 0 Å². The number of piperidine rings is 1. The fourth-order valence-corrected chi connectivity index (χ4v) is 5.51. The van der Waals surface area contributed by atoms with Crippen molar-refractivity contribution in [3.05, 3.63) is 58.1 Å². The molecule has 0 spiro atoms. The van der Waals surface area contributed by atoms with E-state index in [1.165, 1.54) is 53.9 Å². The molecule has 1 aliphatic rings. The first kappa shape index (κ1) is 22.7. The van der Waals surface area contributed by atoms with Gasteiger partial charge in [-0.15, -0.1) is 0 Å². The molecule has 0 unspecified atom stereocenters. The van der Waals surface area contributed by atoms with Crippen LogP contribution in [-0.4, -0.2) is 43.8 Å². The number of nitro benzene ring substituents is 1. The van der Waals surface area contributed by atoms with Crippen LogP contribution in [0.1, 0.15) is 30.6 Å². The van der Waals surface area contributed by atoms with E-state index in [4.69, 9.17) is 4.74 Å². The van der Waals surface area contributed by atoms with Gasteiger partial charge in [0.05, 0.1) is 22.6 Å². The molecule has 0 bridgehead atoms. The lowest BCUT2D eigenvalue weighted by molar-refractivity contribution is -0.384. The van der Waals surface area contributed by atoms with Crippen LogP contribution in [0.2, 0.25) is 0 Å². The van der Waals surface area contributed by atoms with Gasteiger partial charge in [-0.3, -0.25) is 14.9 Å². The predicted octanol–water partition coefficient (Wildman–Crippen LogP) is 3.52. The van der Waals surface area contributed by atoms with Crippen molar-refractivity contribution in [1.29, 1.82) is 0 Å². The number of ether oxygens (including phenoxy) is 1. The number of nitro groups is 1. The number of rotatable bonds is 6. The van der Waals surface area contributed by atoms with Gasteiger partial charge in [-0.2, -0.15) is 4.31 Å². The first-order valence-corrected chi connectivity index (χ1v) is 11.3. The van der Waals surface area contributed by atoms with Crippen molar-refractivity contribution >= 4 is 27.3 Å². The Bertz CT molecular complexity index is 1070. The second-order valence-corrected chi connectivity index (χ2v) is 9.83. The SMILES string of the molecule is COc1ccc([N+](=O)[O-])cc1NC(=O)c1ccc(S(=O)(=O)N2C[C@H](C)C[C@H](C)C2)cc1. The van der Waals surface area contributed by atoms with E-state index in [0.717, 1.165) is 6.42 Å². The molecule has 3 rings (SSSR count). The zero-order valence-electron chi connectivity index (χ0n) is 17.6. The maximum absolute atomic E-state index is 13.0. The monoisotopic (exact) mass is 447 g/mol. The van der Waals surface area contributed by atoms with Gasteiger partial charge in [-0.05, 0) is 48.6 Å². The van der Waals surface area contributed by atoms with Gasteiger partial charge in [-0.25, -0.2) is 8.42 Å². The van der Waals surface area contributed by atoms with E-state index in [9.17, 15) is 23.3 Å². The molecule has 0 saturated carbocycles. The third-order valence-corrected chi connectivity index (χ3v) is 7.08. The van der Waals surface area contributed by atoms with Crippen LogP contribution in [0.25, 0.3) is 0 Å². The van der Waals surface area contributed by atoms with Gasteiger partial charge in [0, 0.05) is 30.8 Å². The number of methoxy groups -OCH3 is 1. The topological polar surface area (TPSA) is 119 Å². The summed E-state index contributed by atoms with van der Waals surface area (Å²) in [7, 11) is -2.26. The molecule has 10 heteroatoms. The Morgan fingerprint density at radius 1 is 1.13 bits per heavy atom. The van der Waals surface area contributed by atoms with Gasteiger partial charge in [0.25, 0.3) is 11.6 Å². The highest BCUT2D eigenvalue weighted by atomic mass is 32.2. The second kappa shape index (κ2) is 9.03. The highest BCUT2D eigenvalue weighted by Crippen LogP contribution is 2.30. The molecular weight excluding hydrogens is 422 g/mol. The van der Waals surface area contributed by atoms with E-state index in [1.807, 2.05) is 13.8 Å². The van der Waals surface area contributed by atoms with Crippen molar-refractivity contribution in [2.45, 2.75) is 25.2 Å². The smallest absolute Gasteiger partial charge is 0.271 e.